The molecule has 0 spiro atoms. The summed E-state index contributed by atoms with van der Waals surface area (Å²) in [7, 11) is 0. The molecule has 0 amide bonds. The molecule has 0 heterocycles. The van der Waals surface area contributed by atoms with Gasteiger partial charge in [-0.15, -0.1) is 0 Å². The van der Waals surface area contributed by atoms with Crippen LogP contribution in [-0.4, -0.2) is 24.8 Å². The van der Waals surface area contributed by atoms with E-state index in [1.54, 1.807) is 0 Å². The van der Waals surface area contributed by atoms with Crippen molar-refractivity contribution >= 4 is 0 Å². The molecule has 2 saturated carbocycles. The molecule has 2 aliphatic carbocycles. The lowest BCUT2D eigenvalue weighted by Crippen LogP contribution is -2.37. The monoisotopic (exact) mass is 281 g/mol. The van der Waals surface area contributed by atoms with Crippen LogP contribution in [0.2, 0.25) is 0 Å². The normalized spacial score (nSPS) is 35.7. The number of nitrogens with one attached hydrogen (secondary N) is 1. The summed E-state index contributed by atoms with van der Waals surface area (Å²) in [5, 5.41) is 3.54. The van der Waals surface area contributed by atoms with E-state index in [4.69, 9.17) is 4.74 Å². The van der Waals surface area contributed by atoms with Gasteiger partial charge in [-0.2, -0.15) is 0 Å². The van der Waals surface area contributed by atoms with Gasteiger partial charge < -0.3 is 10.1 Å². The topological polar surface area (TPSA) is 21.3 Å². The van der Waals surface area contributed by atoms with Crippen LogP contribution in [0.25, 0.3) is 0 Å². The van der Waals surface area contributed by atoms with E-state index in [9.17, 15) is 0 Å². The maximum absolute atomic E-state index is 6.28. The molecule has 0 aliphatic heterocycles. The highest BCUT2D eigenvalue weighted by Gasteiger charge is 2.61. The zero-order valence-corrected chi connectivity index (χ0v) is 14.5. The van der Waals surface area contributed by atoms with Crippen LogP contribution < -0.4 is 5.32 Å². The lowest BCUT2D eigenvalue weighted by Gasteiger charge is -2.39. The van der Waals surface area contributed by atoms with E-state index in [-0.39, 0.29) is 5.54 Å². The molecule has 2 rings (SSSR count). The van der Waals surface area contributed by atoms with Crippen molar-refractivity contribution in [2.24, 2.45) is 16.7 Å². The molecule has 0 saturated heterocycles. The van der Waals surface area contributed by atoms with Crippen molar-refractivity contribution in [2.75, 3.05) is 13.2 Å². The molecule has 118 valence electrons. The van der Waals surface area contributed by atoms with Crippen LogP contribution in [0.1, 0.15) is 73.6 Å². The Morgan fingerprint density at radius 3 is 2.35 bits per heavy atom. The number of fused-ring (bicyclic) bond motifs is 2. The highest BCUT2D eigenvalue weighted by atomic mass is 16.5. The van der Waals surface area contributed by atoms with Gasteiger partial charge in [0.15, 0.2) is 0 Å². The van der Waals surface area contributed by atoms with Gasteiger partial charge in [-0.1, -0.05) is 20.8 Å². The molecule has 2 aliphatic rings. The lowest BCUT2D eigenvalue weighted by atomic mass is 9.70. The molecule has 20 heavy (non-hydrogen) atoms. The average molecular weight is 281 g/mol. The van der Waals surface area contributed by atoms with E-state index in [1.807, 2.05) is 0 Å². The van der Waals surface area contributed by atoms with Gasteiger partial charge in [0.1, 0.15) is 0 Å². The minimum atomic E-state index is 0.239. The van der Waals surface area contributed by atoms with Gasteiger partial charge in [-0.3, -0.25) is 0 Å². The van der Waals surface area contributed by atoms with E-state index in [1.165, 1.54) is 32.1 Å². The van der Waals surface area contributed by atoms with Crippen molar-refractivity contribution in [3.05, 3.63) is 0 Å². The Kier molecular flexibility index (Phi) is 4.57. The summed E-state index contributed by atoms with van der Waals surface area (Å²) in [6, 6.07) is 0. The van der Waals surface area contributed by atoms with Gasteiger partial charge in [-0.25, -0.2) is 0 Å². The molecule has 0 aromatic rings. The zero-order chi connectivity index (χ0) is 15.0. The van der Waals surface area contributed by atoms with Crippen LogP contribution in [-0.2, 0) is 4.74 Å². The summed E-state index contributed by atoms with van der Waals surface area (Å²) in [5.41, 5.74) is 1.13. The molecule has 0 aromatic carbocycles. The lowest BCUT2D eigenvalue weighted by molar-refractivity contribution is -0.0474. The fourth-order valence-electron chi connectivity index (χ4n) is 4.30. The highest BCUT2D eigenvalue weighted by Crippen LogP contribution is 2.66. The summed E-state index contributed by atoms with van der Waals surface area (Å²) in [6.07, 6.45) is 6.98. The second kappa shape index (κ2) is 5.61. The summed E-state index contributed by atoms with van der Waals surface area (Å²) >= 11 is 0. The second-order valence-corrected chi connectivity index (χ2v) is 8.85. The maximum Gasteiger partial charge on any atom is 0.0636 e. The van der Waals surface area contributed by atoms with Crippen LogP contribution in [0.5, 0.6) is 0 Å². The van der Waals surface area contributed by atoms with Crippen LogP contribution in [0.3, 0.4) is 0 Å². The van der Waals surface area contributed by atoms with Crippen molar-refractivity contribution in [3.8, 4) is 0 Å². The first-order valence-corrected chi connectivity index (χ1v) is 8.53. The Balaban J connectivity index is 1.67. The number of hydrogen-bond donors (Lipinski definition) is 1. The van der Waals surface area contributed by atoms with Crippen LogP contribution in [0.15, 0.2) is 0 Å². The maximum atomic E-state index is 6.28. The standard InChI is InChI=1S/C18H35NO/c1-16(2,3)19-11-7-8-12-20-15-13-14-9-10-18(15,6)17(14,4)5/h14-15,19H,7-13H2,1-6H3. The van der Waals surface area contributed by atoms with Crippen LogP contribution in [0.4, 0.5) is 0 Å². The van der Waals surface area contributed by atoms with Crippen molar-refractivity contribution in [1.82, 2.24) is 5.32 Å². The fourth-order valence-corrected chi connectivity index (χ4v) is 4.30. The molecule has 2 nitrogen and oxygen atoms in total. The summed E-state index contributed by atoms with van der Waals surface area (Å²) in [6.45, 7) is 16.1. The van der Waals surface area contributed by atoms with Gasteiger partial charge in [0.25, 0.3) is 0 Å². The van der Waals surface area contributed by atoms with Crippen molar-refractivity contribution in [3.63, 3.8) is 0 Å². The minimum Gasteiger partial charge on any atom is -0.378 e. The van der Waals surface area contributed by atoms with Crippen LogP contribution in [0, 0.1) is 16.7 Å². The van der Waals surface area contributed by atoms with E-state index < -0.39 is 0 Å². The molecule has 3 unspecified atom stereocenters. The van der Waals surface area contributed by atoms with Crippen molar-refractivity contribution in [2.45, 2.75) is 85.3 Å². The average Bonchev–Trinajstić information content (AvgIpc) is 2.65. The van der Waals surface area contributed by atoms with E-state index in [2.05, 4.69) is 46.9 Å². The smallest absolute Gasteiger partial charge is 0.0636 e. The molecule has 2 bridgehead atoms. The van der Waals surface area contributed by atoms with Gasteiger partial charge in [0.2, 0.25) is 0 Å². The van der Waals surface area contributed by atoms with Gasteiger partial charge in [0.05, 0.1) is 6.10 Å². The highest BCUT2D eigenvalue weighted by molar-refractivity contribution is 5.11. The first kappa shape index (κ1) is 16.3. The molecule has 0 aromatic heterocycles. The molecular formula is C18H35NO. The molecule has 0 radical (unpaired) electrons. The molecule has 3 atom stereocenters. The molecular weight excluding hydrogens is 246 g/mol. The third kappa shape index (κ3) is 3.06. The summed E-state index contributed by atoms with van der Waals surface area (Å²) < 4.78 is 6.28. The third-order valence-electron chi connectivity index (χ3n) is 6.26. The Morgan fingerprint density at radius 1 is 1.15 bits per heavy atom. The van der Waals surface area contributed by atoms with Crippen LogP contribution >= 0.6 is 0 Å². The fraction of sp³-hybridized carbons (Fsp3) is 1.00. The number of ether oxygens (including phenoxy) is 1. The zero-order valence-electron chi connectivity index (χ0n) is 14.5. The summed E-state index contributed by atoms with van der Waals surface area (Å²) in [5.74, 6) is 0.889. The second-order valence-electron chi connectivity index (χ2n) is 8.85. The predicted molar refractivity (Wildman–Crippen MR) is 86.0 cm³/mol. The largest absolute Gasteiger partial charge is 0.378 e. The Labute approximate surface area is 126 Å². The van der Waals surface area contributed by atoms with Crippen molar-refractivity contribution in [1.29, 1.82) is 0 Å². The predicted octanol–water partition coefficient (Wildman–Crippen LogP) is 4.39. The first-order valence-electron chi connectivity index (χ1n) is 8.53. The Bertz CT molecular complexity index is 331. The minimum absolute atomic E-state index is 0.239. The van der Waals surface area contributed by atoms with E-state index in [0.717, 1.165) is 19.1 Å². The van der Waals surface area contributed by atoms with Gasteiger partial charge in [-0.05, 0) is 76.2 Å². The van der Waals surface area contributed by atoms with E-state index in [0.29, 0.717) is 16.9 Å². The van der Waals surface area contributed by atoms with Gasteiger partial charge in [0, 0.05) is 12.1 Å². The Morgan fingerprint density at radius 2 is 1.85 bits per heavy atom. The van der Waals surface area contributed by atoms with E-state index >= 15 is 0 Å². The molecule has 1 N–H and O–H groups in total. The van der Waals surface area contributed by atoms with Gasteiger partial charge >= 0.3 is 0 Å². The first-order chi connectivity index (χ1) is 9.17. The number of hydrogen-bond acceptors (Lipinski definition) is 2. The molecule has 2 heteroatoms. The Hall–Kier alpha value is -0.0800. The SMILES string of the molecule is CC(C)(C)NCCCCOC1CC2CCC1(C)C2(C)C. The molecule has 2 fully saturated rings. The number of unbranched alkanes of at least 4 members (excludes halogenated alkanes) is 1. The van der Waals surface area contributed by atoms with Crippen molar-refractivity contribution < 1.29 is 4.74 Å². The number of rotatable bonds is 6. The quantitative estimate of drug-likeness (QED) is 0.729. The summed E-state index contributed by atoms with van der Waals surface area (Å²) in [4.78, 5) is 0. The third-order valence-corrected chi connectivity index (χ3v) is 6.26.